The molecule has 0 saturated heterocycles. The summed E-state index contributed by atoms with van der Waals surface area (Å²) in [6.07, 6.45) is 0. The monoisotopic (exact) mass is 587 g/mol. The van der Waals surface area contributed by atoms with Gasteiger partial charge in [0.05, 0.1) is 0 Å². The smallest absolute Gasteiger partial charge is 0.164 e. The molecule has 8 aromatic rings. The van der Waals surface area contributed by atoms with Gasteiger partial charge >= 0.3 is 0 Å². The van der Waals surface area contributed by atoms with Crippen molar-refractivity contribution in [2.45, 2.75) is 0 Å². The van der Waals surface area contributed by atoms with E-state index in [1.54, 1.807) is 0 Å². The van der Waals surface area contributed by atoms with Crippen LogP contribution < -0.4 is 0 Å². The van der Waals surface area contributed by atoms with Crippen LogP contribution in [-0.2, 0) is 0 Å². The van der Waals surface area contributed by atoms with Crippen LogP contribution in [0.5, 0.6) is 0 Å². The molecule has 0 fully saturated rings. The van der Waals surface area contributed by atoms with Crippen LogP contribution in [0.2, 0.25) is 0 Å². The van der Waals surface area contributed by atoms with Crippen molar-refractivity contribution in [3.05, 3.63) is 176 Å². The van der Waals surface area contributed by atoms with Crippen molar-refractivity contribution in [1.82, 2.24) is 15.0 Å². The van der Waals surface area contributed by atoms with E-state index in [0.717, 1.165) is 27.6 Å². The van der Waals surface area contributed by atoms with Crippen molar-refractivity contribution in [1.29, 1.82) is 0 Å². The van der Waals surface area contributed by atoms with E-state index < -0.39 is 0 Å². The Balaban J connectivity index is 1.14. The molecule has 7 aromatic carbocycles. The first-order valence-corrected chi connectivity index (χ1v) is 15.4. The molecule has 0 bridgehead atoms. The maximum absolute atomic E-state index is 5.00. The van der Waals surface area contributed by atoms with Crippen LogP contribution in [0, 0.1) is 0 Å². The molecule has 3 heteroatoms. The fourth-order valence-electron chi connectivity index (χ4n) is 5.84. The molecule has 0 amide bonds. The number of aromatic nitrogens is 3. The first kappa shape index (κ1) is 27.4. The van der Waals surface area contributed by atoms with Crippen molar-refractivity contribution in [2.75, 3.05) is 0 Å². The van der Waals surface area contributed by atoms with Crippen LogP contribution in [0.25, 0.3) is 78.3 Å². The quantitative estimate of drug-likeness (QED) is 0.194. The maximum atomic E-state index is 5.00. The fraction of sp³-hybridized carbons (Fsp3) is 0. The minimum atomic E-state index is 0.648. The third kappa shape index (κ3) is 5.58. The minimum Gasteiger partial charge on any atom is -0.208 e. The van der Waals surface area contributed by atoms with Crippen molar-refractivity contribution < 1.29 is 0 Å². The lowest BCUT2D eigenvalue weighted by Crippen LogP contribution is -2.00. The Kier molecular flexibility index (Phi) is 7.18. The van der Waals surface area contributed by atoms with Crippen LogP contribution in [0.4, 0.5) is 0 Å². The van der Waals surface area contributed by atoms with Gasteiger partial charge in [0.15, 0.2) is 17.5 Å². The normalized spacial score (nSPS) is 11.0. The molecule has 8 rings (SSSR count). The molecule has 1 aromatic heterocycles. The summed E-state index contributed by atoms with van der Waals surface area (Å²) in [5.74, 6) is 1.95. The van der Waals surface area contributed by atoms with Gasteiger partial charge in [-0.1, -0.05) is 164 Å². The number of rotatable bonds is 6. The van der Waals surface area contributed by atoms with Gasteiger partial charge in [-0.2, -0.15) is 0 Å². The van der Waals surface area contributed by atoms with Gasteiger partial charge in [0, 0.05) is 16.7 Å². The third-order valence-corrected chi connectivity index (χ3v) is 8.34. The molecule has 216 valence electrons. The van der Waals surface area contributed by atoms with Gasteiger partial charge in [0.25, 0.3) is 0 Å². The van der Waals surface area contributed by atoms with Crippen LogP contribution in [-0.4, -0.2) is 15.0 Å². The molecule has 0 atom stereocenters. The number of fused-ring (bicyclic) bond motifs is 1. The molecule has 0 saturated carbocycles. The highest BCUT2D eigenvalue weighted by Gasteiger charge is 2.13. The second kappa shape index (κ2) is 12.1. The van der Waals surface area contributed by atoms with Gasteiger partial charge in [0.1, 0.15) is 0 Å². The summed E-state index contributed by atoms with van der Waals surface area (Å²) >= 11 is 0. The minimum absolute atomic E-state index is 0.648. The Morgan fingerprint density at radius 1 is 0.217 bits per heavy atom. The summed E-state index contributed by atoms with van der Waals surface area (Å²) in [4.78, 5) is 14.9. The van der Waals surface area contributed by atoms with Crippen LogP contribution in [0.1, 0.15) is 0 Å². The van der Waals surface area contributed by atoms with E-state index in [9.17, 15) is 0 Å². The second-order valence-corrected chi connectivity index (χ2v) is 11.3. The Bertz CT molecular complexity index is 2260. The molecular formula is C43H29N3. The van der Waals surface area contributed by atoms with Crippen molar-refractivity contribution in [2.24, 2.45) is 0 Å². The summed E-state index contributed by atoms with van der Waals surface area (Å²) in [5.41, 5.74) is 9.99. The summed E-state index contributed by atoms with van der Waals surface area (Å²) in [6.45, 7) is 0. The van der Waals surface area contributed by atoms with Gasteiger partial charge in [-0.3, -0.25) is 0 Å². The second-order valence-electron chi connectivity index (χ2n) is 11.3. The lowest BCUT2D eigenvalue weighted by molar-refractivity contribution is 1.07. The zero-order valence-corrected chi connectivity index (χ0v) is 25.1. The molecule has 0 aliphatic carbocycles. The van der Waals surface area contributed by atoms with Crippen LogP contribution in [0.3, 0.4) is 0 Å². The average Bonchev–Trinajstić information content (AvgIpc) is 3.15. The Hall–Kier alpha value is -6.19. The zero-order valence-electron chi connectivity index (χ0n) is 25.1. The van der Waals surface area contributed by atoms with Crippen molar-refractivity contribution in [3.63, 3.8) is 0 Å². The summed E-state index contributed by atoms with van der Waals surface area (Å²) in [6, 6.07) is 61.2. The van der Waals surface area contributed by atoms with Crippen molar-refractivity contribution in [3.8, 4) is 67.5 Å². The predicted molar refractivity (Wildman–Crippen MR) is 190 cm³/mol. The highest BCUT2D eigenvalue weighted by atomic mass is 15.0. The van der Waals surface area contributed by atoms with E-state index in [0.29, 0.717) is 17.5 Å². The molecule has 0 spiro atoms. The van der Waals surface area contributed by atoms with Crippen LogP contribution in [0.15, 0.2) is 176 Å². The average molecular weight is 588 g/mol. The van der Waals surface area contributed by atoms with E-state index in [1.165, 1.54) is 33.2 Å². The first-order chi connectivity index (χ1) is 22.8. The molecule has 0 N–H and O–H groups in total. The molecule has 0 aliphatic rings. The van der Waals surface area contributed by atoms with Gasteiger partial charge < -0.3 is 0 Å². The molecule has 3 nitrogen and oxygen atoms in total. The summed E-state index contributed by atoms with van der Waals surface area (Å²) in [5, 5.41) is 2.32. The van der Waals surface area contributed by atoms with Crippen LogP contribution >= 0.6 is 0 Å². The standard InChI is InChI=1S/C43H29N3/c1-4-10-30(11-5-1)32-16-18-33(19-17-32)34-20-22-36(23-21-34)42-44-41(35-14-8-3-9-15-35)45-43(46-42)40-27-26-38-28-37(24-25-39(38)29-40)31-12-6-2-7-13-31/h1-29H. The molecule has 0 aliphatic heterocycles. The number of hydrogen-bond donors (Lipinski definition) is 0. The predicted octanol–water partition coefficient (Wildman–Crippen LogP) is 11.0. The highest BCUT2D eigenvalue weighted by Crippen LogP contribution is 2.31. The fourth-order valence-corrected chi connectivity index (χ4v) is 5.84. The molecule has 46 heavy (non-hydrogen) atoms. The lowest BCUT2D eigenvalue weighted by Gasteiger charge is -2.10. The molecule has 0 radical (unpaired) electrons. The van der Waals surface area contributed by atoms with Gasteiger partial charge in [-0.15, -0.1) is 0 Å². The number of nitrogens with zero attached hydrogens (tertiary/aromatic N) is 3. The largest absolute Gasteiger partial charge is 0.208 e. The van der Waals surface area contributed by atoms with E-state index in [1.807, 2.05) is 42.5 Å². The Labute approximate surface area is 268 Å². The van der Waals surface area contributed by atoms with Gasteiger partial charge in [0.2, 0.25) is 0 Å². The highest BCUT2D eigenvalue weighted by molar-refractivity contribution is 5.90. The number of hydrogen-bond acceptors (Lipinski definition) is 3. The summed E-state index contributed by atoms with van der Waals surface area (Å²) < 4.78 is 0. The molecular weight excluding hydrogens is 558 g/mol. The topological polar surface area (TPSA) is 38.7 Å². The molecule has 0 unspecified atom stereocenters. The van der Waals surface area contributed by atoms with Gasteiger partial charge in [-0.25, -0.2) is 15.0 Å². The van der Waals surface area contributed by atoms with E-state index in [2.05, 4.69) is 133 Å². The van der Waals surface area contributed by atoms with E-state index in [-0.39, 0.29) is 0 Å². The zero-order chi connectivity index (χ0) is 30.7. The SMILES string of the molecule is c1ccc(-c2ccc(-c3ccc(-c4nc(-c5ccccc5)nc(-c5ccc6cc(-c7ccccc7)ccc6c5)n4)cc3)cc2)cc1. The maximum Gasteiger partial charge on any atom is 0.164 e. The lowest BCUT2D eigenvalue weighted by atomic mass is 9.99. The van der Waals surface area contributed by atoms with E-state index >= 15 is 0 Å². The summed E-state index contributed by atoms with van der Waals surface area (Å²) in [7, 11) is 0. The Morgan fingerprint density at radius 2 is 0.500 bits per heavy atom. The van der Waals surface area contributed by atoms with Crippen molar-refractivity contribution >= 4 is 10.8 Å². The first-order valence-electron chi connectivity index (χ1n) is 15.4. The number of benzene rings is 7. The van der Waals surface area contributed by atoms with E-state index in [4.69, 9.17) is 15.0 Å². The van der Waals surface area contributed by atoms with Gasteiger partial charge in [-0.05, 0) is 56.3 Å². The third-order valence-electron chi connectivity index (χ3n) is 8.34. The molecule has 1 heterocycles. The Morgan fingerprint density at radius 3 is 0.978 bits per heavy atom.